The van der Waals surface area contributed by atoms with Crippen LogP contribution in [-0.4, -0.2) is 40.0 Å². The largest absolute Gasteiger partial charge is 0.353 e. The van der Waals surface area contributed by atoms with Gasteiger partial charge in [-0.3, -0.25) is 9.69 Å². The Hall–Kier alpha value is -2.57. The summed E-state index contributed by atoms with van der Waals surface area (Å²) in [5.74, 6) is 0.671. The fourth-order valence-electron chi connectivity index (χ4n) is 3.04. The summed E-state index contributed by atoms with van der Waals surface area (Å²) in [5, 5.41) is 6.76. The van der Waals surface area contributed by atoms with Crippen LogP contribution in [0.1, 0.15) is 38.7 Å². The van der Waals surface area contributed by atoms with Crippen molar-refractivity contribution < 1.29 is 4.79 Å². The quantitative estimate of drug-likeness (QED) is 0.574. The lowest BCUT2D eigenvalue weighted by Crippen LogP contribution is -2.37. The molecule has 1 aliphatic heterocycles. The van der Waals surface area contributed by atoms with Gasteiger partial charge in [-0.2, -0.15) is 0 Å². The number of amides is 1. The number of anilines is 1. The minimum absolute atomic E-state index is 0.110. The minimum Gasteiger partial charge on any atom is -0.353 e. The van der Waals surface area contributed by atoms with E-state index >= 15 is 0 Å². The maximum atomic E-state index is 12.0. The first kappa shape index (κ1) is 23.7. The Kier molecular flexibility index (Phi) is 9.64. The number of imidazole rings is 1. The number of likely N-dealkylation sites (tertiary alicyclic amines) is 1. The summed E-state index contributed by atoms with van der Waals surface area (Å²) < 4.78 is 2.02. The number of hydrogen-bond acceptors (Lipinski definition) is 4. The van der Waals surface area contributed by atoms with Crippen molar-refractivity contribution in [1.82, 2.24) is 19.8 Å². The molecule has 0 radical (unpaired) electrons. The molecule has 2 aromatic rings. The van der Waals surface area contributed by atoms with Crippen molar-refractivity contribution in [3.63, 3.8) is 0 Å². The van der Waals surface area contributed by atoms with E-state index < -0.39 is 0 Å². The molecular weight excluding hydrogens is 398 g/mol. The topological polar surface area (TPSA) is 62.2 Å². The molecule has 1 saturated heterocycles. The van der Waals surface area contributed by atoms with E-state index in [9.17, 15) is 4.79 Å². The molecule has 6 nitrogen and oxygen atoms in total. The van der Waals surface area contributed by atoms with E-state index in [0.717, 1.165) is 36.8 Å². The third-order valence-corrected chi connectivity index (χ3v) is 5.05. The molecule has 2 N–H and O–H groups in total. The number of nitrogens with zero attached hydrogens (tertiary/aromatic N) is 3. The van der Waals surface area contributed by atoms with Gasteiger partial charge in [0.2, 0.25) is 5.91 Å². The van der Waals surface area contributed by atoms with Gasteiger partial charge in [0.15, 0.2) is 0 Å². The van der Waals surface area contributed by atoms with Crippen LogP contribution in [0, 0.1) is 0 Å². The van der Waals surface area contributed by atoms with Crippen LogP contribution in [-0.2, 0) is 17.9 Å². The van der Waals surface area contributed by atoms with Gasteiger partial charge in [-0.1, -0.05) is 50.2 Å². The molecule has 0 spiro atoms. The van der Waals surface area contributed by atoms with Crippen LogP contribution in [0.5, 0.6) is 0 Å². The second-order valence-corrected chi connectivity index (χ2v) is 7.07. The average molecular weight is 430 g/mol. The van der Waals surface area contributed by atoms with Gasteiger partial charge in [0, 0.05) is 19.2 Å². The molecule has 2 heterocycles. The monoisotopic (exact) mass is 429 g/mol. The molecule has 1 aromatic heterocycles. The Labute approximate surface area is 184 Å². The van der Waals surface area contributed by atoms with Crippen LogP contribution in [0.15, 0.2) is 49.2 Å². The Morgan fingerprint density at radius 1 is 1.30 bits per heavy atom. The van der Waals surface area contributed by atoms with Gasteiger partial charge in [0.1, 0.15) is 5.82 Å². The highest BCUT2D eigenvalue weighted by atomic mass is 35.5. The number of halogens is 1. The molecule has 0 aliphatic carbocycles. The highest BCUT2D eigenvalue weighted by Crippen LogP contribution is 2.25. The van der Waals surface area contributed by atoms with Crippen LogP contribution in [0.3, 0.4) is 0 Å². The summed E-state index contributed by atoms with van der Waals surface area (Å²) in [5.41, 5.74) is 2.36. The van der Waals surface area contributed by atoms with Crippen LogP contribution >= 0.6 is 11.6 Å². The van der Waals surface area contributed by atoms with Crippen LogP contribution < -0.4 is 10.6 Å². The molecule has 1 aromatic carbocycles. The number of hydrogen-bond donors (Lipinski definition) is 2. The molecule has 0 atom stereocenters. The summed E-state index contributed by atoms with van der Waals surface area (Å²) in [6.07, 6.45) is 6.51. The fraction of sp³-hybridized carbons (Fsp3) is 0.391. The summed E-state index contributed by atoms with van der Waals surface area (Å²) in [4.78, 5) is 18.8. The summed E-state index contributed by atoms with van der Waals surface area (Å²) >= 11 is 6.21. The van der Waals surface area contributed by atoms with Gasteiger partial charge >= 0.3 is 0 Å². The fourth-order valence-corrected chi connectivity index (χ4v) is 3.22. The Morgan fingerprint density at radius 3 is 2.67 bits per heavy atom. The number of nitrogens with one attached hydrogen (secondary N) is 2. The Morgan fingerprint density at radius 2 is 2.03 bits per heavy atom. The predicted octanol–water partition coefficient (Wildman–Crippen LogP) is 4.54. The van der Waals surface area contributed by atoms with Crippen molar-refractivity contribution in [1.29, 1.82) is 0 Å². The van der Waals surface area contributed by atoms with Gasteiger partial charge in [-0.25, -0.2) is 4.98 Å². The number of benzene rings is 1. The van der Waals surface area contributed by atoms with E-state index in [1.54, 1.807) is 12.3 Å². The van der Waals surface area contributed by atoms with Crippen molar-refractivity contribution >= 4 is 28.9 Å². The molecule has 1 fully saturated rings. The molecule has 30 heavy (non-hydrogen) atoms. The van der Waals surface area contributed by atoms with Crippen molar-refractivity contribution in [3.8, 4) is 0 Å². The maximum absolute atomic E-state index is 12.0. The van der Waals surface area contributed by atoms with Gasteiger partial charge in [-0.05, 0) is 38.6 Å². The number of para-hydroxylation sites is 1. The van der Waals surface area contributed by atoms with E-state index in [4.69, 9.17) is 11.6 Å². The van der Waals surface area contributed by atoms with Gasteiger partial charge in [-0.15, -0.1) is 0 Å². The smallest absolute Gasteiger partial charge is 0.244 e. The number of rotatable bonds is 9. The van der Waals surface area contributed by atoms with E-state index in [-0.39, 0.29) is 5.91 Å². The number of carbonyl (C=O) groups is 1. The molecule has 7 heteroatoms. The molecule has 1 amide bonds. The molecule has 0 bridgehead atoms. The maximum Gasteiger partial charge on any atom is 0.244 e. The lowest BCUT2D eigenvalue weighted by molar-refractivity contribution is -0.116. The number of aromatic nitrogens is 2. The van der Waals surface area contributed by atoms with Crippen molar-refractivity contribution in [2.45, 2.75) is 40.3 Å². The van der Waals surface area contributed by atoms with Crippen LogP contribution in [0.25, 0.3) is 5.70 Å². The van der Waals surface area contributed by atoms with Gasteiger partial charge in [0.05, 0.1) is 34.8 Å². The lowest BCUT2D eigenvalue weighted by Gasteiger charge is -2.29. The zero-order chi connectivity index (χ0) is 21.9. The second-order valence-electron chi connectivity index (χ2n) is 6.66. The molecule has 1 aliphatic rings. The minimum atomic E-state index is -0.110. The van der Waals surface area contributed by atoms with Crippen LogP contribution in [0.2, 0.25) is 5.02 Å². The molecule has 3 rings (SSSR count). The zero-order valence-corrected chi connectivity index (χ0v) is 18.9. The van der Waals surface area contributed by atoms with Crippen molar-refractivity contribution in [2.75, 3.05) is 25.0 Å². The number of carbonyl (C=O) groups excluding carboxylic acids is 1. The zero-order valence-electron chi connectivity index (χ0n) is 18.1. The first-order valence-electron chi connectivity index (χ1n) is 10.5. The van der Waals surface area contributed by atoms with Crippen molar-refractivity contribution in [3.05, 3.63) is 65.7 Å². The lowest BCUT2D eigenvalue weighted by atomic mass is 10.2. The van der Waals surface area contributed by atoms with Gasteiger partial charge in [0.25, 0.3) is 0 Å². The highest BCUT2D eigenvalue weighted by Gasteiger charge is 2.13. The second kappa shape index (κ2) is 12.2. The molecule has 0 unspecified atom stereocenters. The van der Waals surface area contributed by atoms with E-state index in [0.29, 0.717) is 23.8 Å². The highest BCUT2D eigenvalue weighted by molar-refractivity contribution is 6.33. The molecular formula is C23H32ClN5O. The summed E-state index contributed by atoms with van der Waals surface area (Å²) in [6.45, 7) is 14.3. The first-order valence-corrected chi connectivity index (χ1v) is 10.9. The molecule has 162 valence electrons. The van der Waals surface area contributed by atoms with E-state index in [2.05, 4.69) is 27.1 Å². The Balaban J connectivity index is 0.00000155. The van der Waals surface area contributed by atoms with Crippen molar-refractivity contribution in [2.24, 2.45) is 0 Å². The van der Waals surface area contributed by atoms with E-state index in [1.807, 2.05) is 55.7 Å². The Bertz CT molecular complexity index is 870. The standard InChI is InChI=1S/C21H26ClN5O.C2H6/c1-3-27-19(16(2)25-18-9-5-4-8-17(18)22)14-23-20(27)15-24-21(28)10-6-11-26-12-7-13-26;1-2/h4-6,8-10,14,25H,2-3,7,11-13,15H2,1H3,(H,24,28);1-2H3/b10-6+;. The summed E-state index contributed by atoms with van der Waals surface area (Å²) in [7, 11) is 0. The normalized spacial score (nSPS) is 13.3. The average Bonchev–Trinajstić information content (AvgIpc) is 3.14. The van der Waals surface area contributed by atoms with Crippen LogP contribution in [0.4, 0.5) is 5.69 Å². The van der Waals surface area contributed by atoms with Gasteiger partial charge < -0.3 is 15.2 Å². The third kappa shape index (κ3) is 6.47. The summed E-state index contributed by atoms with van der Waals surface area (Å²) in [6, 6.07) is 7.51. The third-order valence-electron chi connectivity index (χ3n) is 4.73. The predicted molar refractivity (Wildman–Crippen MR) is 125 cm³/mol. The van der Waals surface area contributed by atoms with E-state index in [1.165, 1.54) is 6.42 Å². The molecule has 0 saturated carbocycles. The SMILES string of the molecule is C=C(Nc1ccccc1Cl)c1cnc(CNC(=O)/C=C/CN2CCC2)n1CC.CC. The first-order chi connectivity index (χ1) is 14.6.